The van der Waals surface area contributed by atoms with Gasteiger partial charge >= 0.3 is 0 Å². The van der Waals surface area contributed by atoms with Crippen molar-refractivity contribution >= 4 is 54.4 Å². The molecule has 0 amide bonds. The lowest BCUT2D eigenvalue weighted by atomic mass is 9.97. The molecule has 0 aliphatic heterocycles. The molecule has 0 saturated heterocycles. The summed E-state index contributed by atoms with van der Waals surface area (Å²) in [5, 5.41) is 6.85. The lowest BCUT2D eigenvalue weighted by molar-refractivity contribution is 1.16. The molecule has 0 aliphatic carbocycles. The van der Waals surface area contributed by atoms with E-state index in [0.717, 1.165) is 77.4 Å². The van der Waals surface area contributed by atoms with Crippen LogP contribution in [0.15, 0.2) is 158 Å². The standard InChI is InChI=1S/C43H26N6/c1-2-9-27(10-3-1)36-26-37(28-19-21-44-22-20-28)48-43(47-36)29-11-8-12-30(25-29)49-38-16-7-6-13-31(38)34-17-18-35-39(42(34)49)32-14-4-5-15-33(32)40-41(35)46-24-23-45-40/h1-26H. The van der Waals surface area contributed by atoms with Gasteiger partial charge in [-0.25, -0.2) is 9.97 Å². The zero-order chi connectivity index (χ0) is 32.3. The van der Waals surface area contributed by atoms with Crippen molar-refractivity contribution in [3.8, 4) is 39.6 Å². The minimum atomic E-state index is 0.660. The number of nitrogens with zero attached hydrogens (tertiary/aromatic N) is 6. The van der Waals surface area contributed by atoms with Crippen LogP contribution in [0.25, 0.3) is 94.0 Å². The number of pyridine rings is 1. The Hall–Kier alpha value is -6.79. The number of aromatic nitrogens is 6. The van der Waals surface area contributed by atoms with Gasteiger partial charge in [-0.15, -0.1) is 0 Å². The summed E-state index contributed by atoms with van der Waals surface area (Å²) in [5.74, 6) is 0.660. The van der Waals surface area contributed by atoms with Crippen molar-refractivity contribution < 1.29 is 0 Å². The summed E-state index contributed by atoms with van der Waals surface area (Å²) in [7, 11) is 0. The molecule has 4 aromatic heterocycles. The summed E-state index contributed by atoms with van der Waals surface area (Å²) < 4.78 is 2.38. The summed E-state index contributed by atoms with van der Waals surface area (Å²) >= 11 is 0. The molecule has 0 radical (unpaired) electrons. The molecule has 4 heterocycles. The first kappa shape index (κ1) is 27.3. The van der Waals surface area contributed by atoms with Crippen LogP contribution in [0.3, 0.4) is 0 Å². The van der Waals surface area contributed by atoms with Crippen molar-refractivity contribution in [3.05, 3.63) is 158 Å². The van der Waals surface area contributed by atoms with E-state index in [-0.39, 0.29) is 0 Å². The van der Waals surface area contributed by atoms with Gasteiger partial charge in [0.2, 0.25) is 0 Å². The predicted molar refractivity (Wildman–Crippen MR) is 199 cm³/mol. The van der Waals surface area contributed by atoms with Gasteiger partial charge < -0.3 is 4.57 Å². The van der Waals surface area contributed by atoms with Gasteiger partial charge in [0, 0.05) is 74.1 Å². The Morgan fingerprint density at radius 2 is 1.06 bits per heavy atom. The molecule has 6 nitrogen and oxygen atoms in total. The average Bonchev–Trinajstić information content (AvgIpc) is 3.53. The number of rotatable bonds is 4. The van der Waals surface area contributed by atoms with E-state index in [9.17, 15) is 0 Å². The maximum atomic E-state index is 5.12. The summed E-state index contributed by atoms with van der Waals surface area (Å²) in [6.07, 6.45) is 7.15. The van der Waals surface area contributed by atoms with E-state index >= 15 is 0 Å². The van der Waals surface area contributed by atoms with Gasteiger partial charge in [0.25, 0.3) is 0 Å². The number of fused-ring (bicyclic) bond motifs is 10. The maximum absolute atomic E-state index is 5.12. The fraction of sp³-hybridized carbons (Fsp3) is 0. The quantitative estimate of drug-likeness (QED) is 0.182. The van der Waals surface area contributed by atoms with Gasteiger partial charge in [-0.3, -0.25) is 15.0 Å². The van der Waals surface area contributed by atoms with Gasteiger partial charge in [0.15, 0.2) is 5.82 Å². The van der Waals surface area contributed by atoms with Crippen molar-refractivity contribution in [3.63, 3.8) is 0 Å². The first-order chi connectivity index (χ1) is 24.3. The molecule has 0 spiro atoms. The van der Waals surface area contributed by atoms with E-state index in [1.54, 1.807) is 24.8 Å². The second kappa shape index (κ2) is 10.9. The van der Waals surface area contributed by atoms with Crippen molar-refractivity contribution in [2.24, 2.45) is 0 Å². The topological polar surface area (TPSA) is 69.4 Å². The number of benzene rings is 6. The Balaban J connectivity index is 1.28. The van der Waals surface area contributed by atoms with Crippen molar-refractivity contribution in [2.75, 3.05) is 0 Å². The zero-order valence-electron chi connectivity index (χ0n) is 26.2. The molecule has 6 aromatic carbocycles. The van der Waals surface area contributed by atoms with Crippen LogP contribution >= 0.6 is 0 Å². The van der Waals surface area contributed by atoms with Crippen LogP contribution in [-0.4, -0.2) is 29.5 Å². The summed E-state index contributed by atoms with van der Waals surface area (Å²) in [6, 6.07) is 46.4. The monoisotopic (exact) mass is 626 g/mol. The molecule has 0 unspecified atom stereocenters. The fourth-order valence-electron chi connectivity index (χ4n) is 7.22. The van der Waals surface area contributed by atoms with Crippen molar-refractivity contribution in [2.45, 2.75) is 0 Å². The minimum absolute atomic E-state index is 0.660. The van der Waals surface area contributed by atoms with Crippen LogP contribution in [0.5, 0.6) is 0 Å². The highest BCUT2D eigenvalue weighted by Gasteiger charge is 2.20. The number of hydrogen-bond donors (Lipinski definition) is 0. The SMILES string of the molecule is c1ccc(-c2cc(-c3ccncc3)nc(-c3cccc(-n4c5ccccc5c5ccc6c7nccnc7c7ccccc7c6c54)c3)n2)cc1. The summed E-state index contributed by atoms with van der Waals surface area (Å²) in [6.45, 7) is 0. The first-order valence-electron chi connectivity index (χ1n) is 16.2. The summed E-state index contributed by atoms with van der Waals surface area (Å²) in [4.78, 5) is 24.1. The van der Waals surface area contributed by atoms with Gasteiger partial charge in [0.05, 0.1) is 33.5 Å². The van der Waals surface area contributed by atoms with E-state index < -0.39 is 0 Å². The van der Waals surface area contributed by atoms with Crippen LogP contribution in [0.1, 0.15) is 0 Å². The highest BCUT2D eigenvalue weighted by molar-refractivity contribution is 6.32. The largest absolute Gasteiger partial charge is 0.309 e. The third-order valence-electron chi connectivity index (χ3n) is 9.38. The molecule has 49 heavy (non-hydrogen) atoms. The Bertz CT molecular complexity index is 2790. The van der Waals surface area contributed by atoms with Crippen LogP contribution in [0, 0.1) is 0 Å². The molecule has 0 saturated carbocycles. The van der Waals surface area contributed by atoms with Crippen molar-refractivity contribution in [1.82, 2.24) is 29.5 Å². The second-order valence-corrected chi connectivity index (χ2v) is 12.2. The number of hydrogen-bond acceptors (Lipinski definition) is 5. The predicted octanol–water partition coefficient (Wildman–Crippen LogP) is 10.2. The first-order valence-corrected chi connectivity index (χ1v) is 16.2. The highest BCUT2D eigenvalue weighted by Crippen LogP contribution is 2.42. The zero-order valence-corrected chi connectivity index (χ0v) is 26.2. The molecule has 0 fully saturated rings. The van der Waals surface area contributed by atoms with E-state index in [4.69, 9.17) is 19.9 Å². The Morgan fingerprint density at radius 1 is 0.429 bits per heavy atom. The Morgan fingerprint density at radius 3 is 1.86 bits per heavy atom. The molecule has 0 N–H and O–H groups in total. The van der Waals surface area contributed by atoms with Crippen molar-refractivity contribution in [1.29, 1.82) is 0 Å². The third-order valence-corrected chi connectivity index (χ3v) is 9.38. The molecule has 10 aromatic rings. The second-order valence-electron chi connectivity index (χ2n) is 12.2. The number of para-hydroxylation sites is 1. The van der Waals surface area contributed by atoms with E-state index in [1.165, 1.54) is 10.8 Å². The normalized spacial score (nSPS) is 11.7. The molecule has 6 heteroatoms. The average molecular weight is 627 g/mol. The van der Waals surface area contributed by atoms with Crippen LogP contribution in [-0.2, 0) is 0 Å². The lowest BCUT2D eigenvalue weighted by Crippen LogP contribution is -1.99. The molecule has 228 valence electrons. The molecular weight excluding hydrogens is 601 g/mol. The molecule has 0 bridgehead atoms. The van der Waals surface area contributed by atoms with E-state index in [1.807, 2.05) is 30.3 Å². The Kier molecular flexibility index (Phi) is 6.08. The van der Waals surface area contributed by atoms with Gasteiger partial charge in [-0.1, -0.05) is 97.1 Å². The van der Waals surface area contributed by atoms with Crippen LogP contribution in [0.2, 0.25) is 0 Å². The molecule has 10 rings (SSSR count). The molecule has 0 aliphatic rings. The van der Waals surface area contributed by atoms with Gasteiger partial charge in [-0.05, 0) is 41.8 Å². The van der Waals surface area contributed by atoms with Gasteiger partial charge in [-0.2, -0.15) is 0 Å². The smallest absolute Gasteiger partial charge is 0.160 e. The minimum Gasteiger partial charge on any atom is -0.309 e. The van der Waals surface area contributed by atoms with Gasteiger partial charge in [0.1, 0.15) is 0 Å². The lowest BCUT2D eigenvalue weighted by Gasteiger charge is -2.14. The fourth-order valence-corrected chi connectivity index (χ4v) is 7.22. The van der Waals surface area contributed by atoms with E-state index in [0.29, 0.717) is 5.82 Å². The summed E-state index contributed by atoms with van der Waals surface area (Å²) in [5.41, 5.74) is 9.77. The third kappa shape index (κ3) is 4.31. The van der Waals surface area contributed by atoms with Crippen LogP contribution < -0.4 is 0 Å². The van der Waals surface area contributed by atoms with Crippen LogP contribution in [0.4, 0.5) is 0 Å². The molecular formula is C43H26N6. The highest BCUT2D eigenvalue weighted by atomic mass is 15.0. The van der Waals surface area contributed by atoms with E-state index in [2.05, 4.69) is 113 Å². The maximum Gasteiger partial charge on any atom is 0.160 e. The Labute approximate surface area is 281 Å². The molecule has 0 atom stereocenters.